The van der Waals surface area contributed by atoms with Gasteiger partial charge in [-0.25, -0.2) is 0 Å². The molecule has 1 saturated heterocycles. The molecule has 0 radical (unpaired) electrons. The average molecular weight is 160 g/mol. The lowest BCUT2D eigenvalue weighted by atomic mass is 10.0. The van der Waals surface area contributed by atoms with Crippen LogP contribution in [-0.2, 0) is 4.74 Å². The molecule has 1 aliphatic heterocycles. The van der Waals surface area contributed by atoms with E-state index in [2.05, 4.69) is 0 Å². The third-order valence-electron chi connectivity index (χ3n) is 2.09. The minimum atomic E-state index is 0.0142. The summed E-state index contributed by atoms with van der Waals surface area (Å²) < 4.78 is 5.47. The largest absolute Gasteiger partial charge is 0.396 e. The van der Waals surface area contributed by atoms with Crippen LogP contribution in [0.4, 0.5) is 0 Å². The first-order valence-corrected chi connectivity index (χ1v) is 4.24. The zero-order valence-electron chi connectivity index (χ0n) is 6.70. The standard InChI is InChI=1S/C8H16O3/c9-5-4-7-2-1-3-8(6-10)11-7/h7-10H,1-6H2/t7-,8?/m1/s1. The lowest BCUT2D eigenvalue weighted by Crippen LogP contribution is -2.30. The summed E-state index contributed by atoms with van der Waals surface area (Å²) in [6.45, 7) is 0.296. The molecule has 1 heterocycles. The van der Waals surface area contributed by atoms with Gasteiger partial charge < -0.3 is 14.9 Å². The summed E-state index contributed by atoms with van der Waals surface area (Å²) in [5.41, 5.74) is 0. The molecule has 0 aromatic carbocycles. The fourth-order valence-corrected chi connectivity index (χ4v) is 1.47. The molecule has 3 heteroatoms. The van der Waals surface area contributed by atoms with Crippen LogP contribution in [0, 0.1) is 0 Å². The highest BCUT2D eigenvalue weighted by Crippen LogP contribution is 2.20. The molecule has 0 bridgehead atoms. The Morgan fingerprint density at radius 3 is 2.55 bits per heavy atom. The number of hydrogen-bond donors (Lipinski definition) is 2. The first-order chi connectivity index (χ1) is 5.36. The Hall–Kier alpha value is -0.120. The Labute approximate surface area is 67.0 Å². The molecule has 0 aromatic rings. The molecule has 0 aromatic heterocycles. The van der Waals surface area contributed by atoms with Crippen LogP contribution in [0.1, 0.15) is 25.7 Å². The van der Waals surface area contributed by atoms with Gasteiger partial charge in [0.2, 0.25) is 0 Å². The van der Waals surface area contributed by atoms with E-state index in [4.69, 9.17) is 14.9 Å². The number of aliphatic hydroxyl groups is 2. The van der Waals surface area contributed by atoms with E-state index >= 15 is 0 Å². The Morgan fingerprint density at radius 1 is 1.18 bits per heavy atom. The lowest BCUT2D eigenvalue weighted by Gasteiger charge is -2.28. The maximum atomic E-state index is 8.79. The minimum Gasteiger partial charge on any atom is -0.396 e. The Bertz CT molecular complexity index is 104. The van der Waals surface area contributed by atoms with Crippen molar-refractivity contribution in [1.29, 1.82) is 0 Å². The van der Waals surface area contributed by atoms with Gasteiger partial charge in [-0.15, -0.1) is 0 Å². The zero-order chi connectivity index (χ0) is 8.10. The fraction of sp³-hybridized carbons (Fsp3) is 1.00. The Morgan fingerprint density at radius 2 is 1.91 bits per heavy atom. The van der Waals surface area contributed by atoms with E-state index in [1.807, 2.05) is 0 Å². The minimum absolute atomic E-state index is 0.0142. The van der Waals surface area contributed by atoms with E-state index < -0.39 is 0 Å². The highest BCUT2D eigenvalue weighted by Gasteiger charge is 2.20. The second-order valence-electron chi connectivity index (χ2n) is 3.01. The van der Waals surface area contributed by atoms with Gasteiger partial charge in [0.25, 0.3) is 0 Å². The topological polar surface area (TPSA) is 49.7 Å². The maximum absolute atomic E-state index is 8.79. The van der Waals surface area contributed by atoms with Crippen molar-refractivity contribution in [2.45, 2.75) is 37.9 Å². The van der Waals surface area contributed by atoms with Crippen molar-refractivity contribution in [3.8, 4) is 0 Å². The zero-order valence-corrected chi connectivity index (χ0v) is 6.70. The summed E-state index contributed by atoms with van der Waals surface area (Å²) in [7, 11) is 0. The maximum Gasteiger partial charge on any atom is 0.0809 e. The molecule has 2 atom stereocenters. The van der Waals surface area contributed by atoms with Crippen molar-refractivity contribution in [1.82, 2.24) is 0 Å². The third-order valence-corrected chi connectivity index (χ3v) is 2.09. The van der Waals surface area contributed by atoms with Gasteiger partial charge in [-0.1, -0.05) is 0 Å². The average Bonchev–Trinajstić information content (AvgIpc) is 2.06. The molecule has 0 saturated carbocycles. The highest BCUT2D eigenvalue weighted by molar-refractivity contribution is 4.69. The van der Waals surface area contributed by atoms with E-state index in [1.165, 1.54) is 0 Å². The summed E-state index contributed by atoms with van der Waals surface area (Å²) in [6.07, 6.45) is 3.98. The SMILES string of the molecule is OCC[C@H]1CCCC(CO)O1. The molecule has 2 N–H and O–H groups in total. The van der Waals surface area contributed by atoms with Gasteiger partial charge in [0.15, 0.2) is 0 Å². The molecular weight excluding hydrogens is 144 g/mol. The molecule has 0 amide bonds. The molecule has 66 valence electrons. The van der Waals surface area contributed by atoms with Crippen LogP contribution in [0.15, 0.2) is 0 Å². The van der Waals surface area contributed by atoms with Crippen molar-refractivity contribution in [2.24, 2.45) is 0 Å². The third kappa shape index (κ3) is 2.77. The van der Waals surface area contributed by atoms with E-state index in [1.54, 1.807) is 0 Å². The van der Waals surface area contributed by atoms with Crippen LogP contribution in [0.2, 0.25) is 0 Å². The van der Waals surface area contributed by atoms with Crippen molar-refractivity contribution in [3.05, 3.63) is 0 Å². The Kier molecular flexibility index (Phi) is 3.83. The second kappa shape index (κ2) is 4.70. The molecule has 3 nitrogen and oxygen atoms in total. The van der Waals surface area contributed by atoms with Gasteiger partial charge in [0.1, 0.15) is 0 Å². The summed E-state index contributed by atoms with van der Waals surface area (Å²) in [4.78, 5) is 0. The van der Waals surface area contributed by atoms with Crippen LogP contribution < -0.4 is 0 Å². The van der Waals surface area contributed by atoms with Gasteiger partial charge >= 0.3 is 0 Å². The smallest absolute Gasteiger partial charge is 0.0809 e. The van der Waals surface area contributed by atoms with Crippen molar-refractivity contribution < 1.29 is 14.9 Å². The molecule has 1 rings (SSSR count). The van der Waals surface area contributed by atoms with Gasteiger partial charge in [-0.2, -0.15) is 0 Å². The van der Waals surface area contributed by atoms with Gasteiger partial charge in [-0.3, -0.25) is 0 Å². The quantitative estimate of drug-likeness (QED) is 0.624. The van der Waals surface area contributed by atoms with Crippen LogP contribution >= 0.6 is 0 Å². The Balaban J connectivity index is 2.21. The van der Waals surface area contributed by atoms with Crippen molar-refractivity contribution in [3.63, 3.8) is 0 Å². The monoisotopic (exact) mass is 160 g/mol. The first-order valence-electron chi connectivity index (χ1n) is 4.24. The summed E-state index contributed by atoms with van der Waals surface area (Å²) in [5.74, 6) is 0. The first kappa shape index (κ1) is 8.97. The van der Waals surface area contributed by atoms with Crippen LogP contribution in [-0.4, -0.2) is 35.6 Å². The summed E-state index contributed by atoms with van der Waals surface area (Å²) in [5, 5.41) is 17.4. The number of hydrogen-bond acceptors (Lipinski definition) is 3. The van der Waals surface area contributed by atoms with Crippen LogP contribution in [0.25, 0.3) is 0 Å². The molecule has 0 spiro atoms. The fourth-order valence-electron chi connectivity index (χ4n) is 1.47. The van der Waals surface area contributed by atoms with Gasteiger partial charge in [-0.05, 0) is 25.7 Å². The van der Waals surface area contributed by atoms with Crippen LogP contribution in [0.5, 0.6) is 0 Å². The van der Waals surface area contributed by atoms with Gasteiger partial charge in [0.05, 0.1) is 18.8 Å². The predicted octanol–water partition coefficient (Wildman–Crippen LogP) is 0.299. The molecule has 1 unspecified atom stereocenters. The lowest BCUT2D eigenvalue weighted by molar-refractivity contribution is -0.0786. The van der Waals surface area contributed by atoms with E-state index in [0.717, 1.165) is 19.3 Å². The van der Waals surface area contributed by atoms with Gasteiger partial charge in [0, 0.05) is 6.61 Å². The molecule has 0 aliphatic carbocycles. The number of rotatable bonds is 3. The molecule has 1 aliphatic rings. The molecule has 11 heavy (non-hydrogen) atoms. The molecular formula is C8H16O3. The normalized spacial score (nSPS) is 32.2. The van der Waals surface area contributed by atoms with E-state index in [-0.39, 0.29) is 25.4 Å². The van der Waals surface area contributed by atoms with E-state index in [0.29, 0.717) is 6.42 Å². The van der Waals surface area contributed by atoms with Crippen molar-refractivity contribution >= 4 is 0 Å². The molecule has 1 fully saturated rings. The number of ether oxygens (including phenoxy) is 1. The van der Waals surface area contributed by atoms with Crippen LogP contribution in [0.3, 0.4) is 0 Å². The summed E-state index contributed by atoms with van der Waals surface area (Å²) >= 11 is 0. The predicted molar refractivity (Wildman–Crippen MR) is 41.3 cm³/mol. The highest BCUT2D eigenvalue weighted by atomic mass is 16.5. The number of aliphatic hydroxyl groups excluding tert-OH is 2. The van der Waals surface area contributed by atoms with E-state index in [9.17, 15) is 0 Å². The van der Waals surface area contributed by atoms with Crippen molar-refractivity contribution in [2.75, 3.05) is 13.2 Å². The summed E-state index contributed by atoms with van der Waals surface area (Å²) in [6, 6.07) is 0. The second-order valence-corrected chi connectivity index (χ2v) is 3.01.